The Morgan fingerprint density at radius 3 is 1.82 bits per heavy atom. The van der Waals surface area contributed by atoms with Gasteiger partial charge in [0.25, 0.3) is 5.95 Å². The highest BCUT2D eigenvalue weighted by molar-refractivity contribution is 4.68. The molecule has 2 heteroatoms. The van der Waals surface area contributed by atoms with Crippen LogP contribution in [0.3, 0.4) is 0 Å². The van der Waals surface area contributed by atoms with E-state index in [0.717, 1.165) is 26.1 Å². The lowest BCUT2D eigenvalue weighted by Gasteiger charge is -2.12. The third kappa shape index (κ3) is 3.91. The van der Waals surface area contributed by atoms with Crippen molar-refractivity contribution in [3.05, 3.63) is 12.5 Å². The van der Waals surface area contributed by atoms with E-state index in [2.05, 4.69) is 6.58 Å². The second-order valence-electron chi connectivity index (χ2n) is 2.84. The lowest BCUT2D eigenvalue weighted by Crippen LogP contribution is -2.02. The molecule has 0 aromatic heterocycles. The zero-order valence-electron chi connectivity index (χ0n) is 6.97. The number of hydrogen-bond acceptors (Lipinski definition) is 2. The number of rotatable bonds is 0. The summed E-state index contributed by atoms with van der Waals surface area (Å²) in [7, 11) is 0. The Bertz CT molecular complexity index is 109. The molecule has 0 spiro atoms. The first-order chi connectivity index (χ1) is 5.39. The van der Waals surface area contributed by atoms with E-state index in [-0.39, 0.29) is 0 Å². The SMILES string of the molecule is C=C1OCCCCCCCO1. The molecule has 1 fully saturated rings. The molecule has 2 nitrogen and oxygen atoms in total. The Kier molecular flexibility index (Phi) is 3.87. The Morgan fingerprint density at radius 2 is 1.27 bits per heavy atom. The van der Waals surface area contributed by atoms with E-state index in [9.17, 15) is 0 Å². The van der Waals surface area contributed by atoms with Crippen LogP contribution in [0.25, 0.3) is 0 Å². The van der Waals surface area contributed by atoms with E-state index in [4.69, 9.17) is 9.47 Å². The first kappa shape index (κ1) is 8.44. The molecule has 1 aliphatic heterocycles. The van der Waals surface area contributed by atoms with Gasteiger partial charge in [-0.1, -0.05) is 19.3 Å². The van der Waals surface area contributed by atoms with Crippen LogP contribution in [-0.2, 0) is 9.47 Å². The van der Waals surface area contributed by atoms with Gasteiger partial charge >= 0.3 is 0 Å². The minimum atomic E-state index is 0.493. The van der Waals surface area contributed by atoms with Crippen LogP contribution in [0.1, 0.15) is 32.1 Å². The van der Waals surface area contributed by atoms with Crippen molar-refractivity contribution in [3.63, 3.8) is 0 Å². The molecule has 1 heterocycles. The first-order valence-electron chi connectivity index (χ1n) is 4.34. The average molecular weight is 156 g/mol. The smallest absolute Gasteiger partial charge is 0.271 e. The van der Waals surface area contributed by atoms with Crippen molar-refractivity contribution in [1.29, 1.82) is 0 Å². The van der Waals surface area contributed by atoms with Crippen molar-refractivity contribution in [1.82, 2.24) is 0 Å². The Morgan fingerprint density at radius 1 is 0.818 bits per heavy atom. The fourth-order valence-electron chi connectivity index (χ4n) is 1.15. The van der Waals surface area contributed by atoms with Gasteiger partial charge in [0.1, 0.15) is 0 Å². The molecule has 0 bridgehead atoms. The van der Waals surface area contributed by atoms with Crippen LogP contribution in [0.2, 0.25) is 0 Å². The molecule has 0 amide bonds. The lowest BCUT2D eigenvalue weighted by molar-refractivity contribution is 0.0305. The van der Waals surface area contributed by atoms with E-state index in [1.54, 1.807) is 0 Å². The van der Waals surface area contributed by atoms with Gasteiger partial charge in [0.15, 0.2) is 0 Å². The van der Waals surface area contributed by atoms with Gasteiger partial charge in [0, 0.05) is 0 Å². The van der Waals surface area contributed by atoms with Crippen LogP contribution in [0, 0.1) is 0 Å². The molecule has 0 N–H and O–H groups in total. The Balaban J connectivity index is 2.17. The summed E-state index contributed by atoms with van der Waals surface area (Å²) in [5.74, 6) is 0.493. The number of hydrogen-bond donors (Lipinski definition) is 0. The normalized spacial score (nSPS) is 21.6. The highest BCUT2D eigenvalue weighted by Gasteiger charge is 1.99. The molecule has 1 rings (SSSR count). The van der Waals surface area contributed by atoms with Crippen molar-refractivity contribution in [2.45, 2.75) is 32.1 Å². The second kappa shape index (κ2) is 5.05. The minimum Gasteiger partial charge on any atom is -0.466 e. The summed E-state index contributed by atoms with van der Waals surface area (Å²) in [5, 5.41) is 0. The van der Waals surface area contributed by atoms with Crippen LogP contribution in [0.15, 0.2) is 12.5 Å². The van der Waals surface area contributed by atoms with Gasteiger partial charge in [0.05, 0.1) is 13.2 Å². The van der Waals surface area contributed by atoms with Gasteiger partial charge in [-0.2, -0.15) is 0 Å². The maximum atomic E-state index is 5.20. The molecule has 11 heavy (non-hydrogen) atoms. The highest BCUT2D eigenvalue weighted by atomic mass is 16.7. The average Bonchev–Trinajstić information content (AvgIpc) is 2.03. The Labute approximate surface area is 68.2 Å². The van der Waals surface area contributed by atoms with Crippen LogP contribution in [-0.4, -0.2) is 13.2 Å². The third-order valence-corrected chi connectivity index (χ3v) is 1.81. The van der Waals surface area contributed by atoms with Gasteiger partial charge < -0.3 is 9.47 Å². The Hall–Kier alpha value is -0.660. The molecule has 0 aliphatic carbocycles. The first-order valence-corrected chi connectivity index (χ1v) is 4.34. The molecular formula is C9H16O2. The standard InChI is InChI=1S/C9H16O2/c1-9-10-7-5-3-2-4-6-8-11-9/h1-8H2. The van der Waals surface area contributed by atoms with Crippen molar-refractivity contribution in [3.8, 4) is 0 Å². The zero-order chi connectivity index (χ0) is 7.94. The van der Waals surface area contributed by atoms with E-state index in [1.165, 1.54) is 19.3 Å². The van der Waals surface area contributed by atoms with Gasteiger partial charge in [-0.05, 0) is 19.4 Å². The summed E-state index contributed by atoms with van der Waals surface area (Å²) >= 11 is 0. The maximum Gasteiger partial charge on any atom is 0.271 e. The summed E-state index contributed by atoms with van der Waals surface area (Å²) < 4.78 is 10.4. The fourth-order valence-corrected chi connectivity index (χ4v) is 1.15. The van der Waals surface area contributed by atoms with E-state index < -0.39 is 0 Å². The summed E-state index contributed by atoms with van der Waals surface area (Å²) in [5.41, 5.74) is 0. The molecule has 0 atom stereocenters. The largest absolute Gasteiger partial charge is 0.466 e. The highest BCUT2D eigenvalue weighted by Crippen LogP contribution is 2.08. The molecule has 1 aliphatic rings. The predicted octanol–water partition coefficient (Wildman–Crippen LogP) is 2.45. The molecular weight excluding hydrogens is 140 g/mol. The number of ether oxygens (including phenoxy) is 2. The van der Waals surface area contributed by atoms with E-state index in [1.807, 2.05) is 0 Å². The predicted molar refractivity (Wildman–Crippen MR) is 44.1 cm³/mol. The molecule has 0 saturated carbocycles. The molecule has 0 aromatic rings. The van der Waals surface area contributed by atoms with Gasteiger partial charge in [0.2, 0.25) is 0 Å². The van der Waals surface area contributed by atoms with Gasteiger partial charge in [-0.15, -0.1) is 0 Å². The fraction of sp³-hybridized carbons (Fsp3) is 0.778. The summed E-state index contributed by atoms with van der Waals surface area (Å²) in [6.45, 7) is 5.17. The molecule has 64 valence electrons. The molecule has 0 unspecified atom stereocenters. The summed E-state index contributed by atoms with van der Waals surface area (Å²) in [6, 6.07) is 0. The van der Waals surface area contributed by atoms with E-state index >= 15 is 0 Å². The molecule has 1 saturated heterocycles. The van der Waals surface area contributed by atoms with Gasteiger partial charge in [-0.25, -0.2) is 0 Å². The zero-order valence-corrected chi connectivity index (χ0v) is 6.97. The van der Waals surface area contributed by atoms with Crippen LogP contribution in [0.4, 0.5) is 0 Å². The molecule has 0 radical (unpaired) electrons. The summed E-state index contributed by atoms with van der Waals surface area (Å²) in [4.78, 5) is 0. The second-order valence-corrected chi connectivity index (χ2v) is 2.84. The van der Waals surface area contributed by atoms with Crippen molar-refractivity contribution >= 4 is 0 Å². The summed E-state index contributed by atoms with van der Waals surface area (Å²) in [6.07, 6.45) is 6.10. The van der Waals surface area contributed by atoms with Crippen molar-refractivity contribution in [2.75, 3.05) is 13.2 Å². The van der Waals surface area contributed by atoms with Crippen LogP contribution in [0.5, 0.6) is 0 Å². The van der Waals surface area contributed by atoms with Gasteiger partial charge in [-0.3, -0.25) is 0 Å². The lowest BCUT2D eigenvalue weighted by atomic mass is 10.1. The monoisotopic (exact) mass is 156 g/mol. The third-order valence-electron chi connectivity index (χ3n) is 1.81. The van der Waals surface area contributed by atoms with Crippen LogP contribution < -0.4 is 0 Å². The topological polar surface area (TPSA) is 18.5 Å². The van der Waals surface area contributed by atoms with Crippen molar-refractivity contribution in [2.24, 2.45) is 0 Å². The van der Waals surface area contributed by atoms with Crippen LogP contribution >= 0.6 is 0 Å². The van der Waals surface area contributed by atoms with E-state index in [0.29, 0.717) is 5.95 Å². The quantitative estimate of drug-likeness (QED) is 0.536. The maximum absolute atomic E-state index is 5.20. The minimum absolute atomic E-state index is 0.493. The molecule has 0 aromatic carbocycles. The van der Waals surface area contributed by atoms with Crippen molar-refractivity contribution < 1.29 is 9.47 Å².